The van der Waals surface area contributed by atoms with E-state index in [0.717, 1.165) is 12.1 Å². The predicted octanol–water partition coefficient (Wildman–Crippen LogP) is 2.26. The molecule has 60 valence electrons. The van der Waals surface area contributed by atoms with Crippen molar-refractivity contribution in [1.29, 1.82) is 0 Å². The molecule has 0 N–H and O–H groups in total. The summed E-state index contributed by atoms with van der Waals surface area (Å²) in [6.45, 7) is 0. The number of methoxy groups -OCH3 is 1. The van der Waals surface area contributed by atoms with E-state index in [-0.39, 0.29) is 10.6 Å². The van der Waals surface area contributed by atoms with Gasteiger partial charge in [0.15, 0.2) is 11.6 Å². The zero-order valence-electron chi connectivity index (χ0n) is 5.77. The highest BCUT2D eigenvalue weighted by Crippen LogP contribution is 2.27. The molecule has 1 rings (SSSR count). The summed E-state index contributed by atoms with van der Waals surface area (Å²) in [6, 6.07) is 1.99. The summed E-state index contributed by atoms with van der Waals surface area (Å²) < 4.78 is 29.9. The highest BCUT2D eigenvalue weighted by atomic mass is 32.1. The van der Waals surface area contributed by atoms with Gasteiger partial charge in [0.25, 0.3) is 0 Å². The Morgan fingerprint density at radius 3 is 2.27 bits per heavy atom. The van der Waals surface area contributed by atoms with Gasteiger partial charge in [-0.15, -0.1) is 12.6 Å². The molecule has 0 saturated carbocycles. The van der Waals surface area contributed by atoms with Crippen molar-refractivity contribution >= 4 is 12.6 Å². The van der Waals surface area contributed by atoms with E-state index in [2.05, 4.69) is 17.4 Å². The fourth-order valence-corrected chi connectivity index (χ4v) is 0.989. The first-order valence-electron chi connectivity index (χ1n) is 2.87. The average Bonchev–Trinajstić information content (AvgIpc) is 1.99. The smallest absolute Gasteiger partial charge is 0.170 e. The molecule has 0 saturated heterocycles. The van der Waals surface area contributed by atoms with Crippen molar-refractivity contribution in [1.82, 2.24) is 0 Å². The van der Waals surface area contributed by atoms with Gasteiger partial charge in [-0.2, -0.15) is 0 Å². The van der Waals surface area contributed by atoms with Gasteiger partial charge in [-0.3, -0.25) is 0 Å². The Kier molecular flexibility index (Phi) is 2.34. The monoisotopic (exact) mass is 176 g/mol. The molecular formula is C7H6F2OS. The summed E-state index contributed by atoms with van der Waals surface area (Å²) >= 11 is 3.72. The summed E-state index contributed by atoms with van der Waals surface area (Å²) in [5.41, 5.74) is 0. The number of hydrogen-bond donors (Lipinski definition) is 1. The summed E-state index contributed by atoms with van der Waals surface area (Å²) in [6.07, 6.45) is 0. The lowest BCUT2D eigenvalue weighted by Crippen LogP contribution is -1.91. The molecule has 1 aromatic carbocycles. The standard InChI is InChI=1S/C7H6F2OS/c1-10-6-4(8)2-3-5(9)7(6)11/h2-3,11H,1H3. The number of rotatable bonds is 1. The van der Waals surface area contributed by atoms with E-state index in [1.807, 2.05) is 0 Å². The highest BCUT2D eigenvalue weighted by Gasteiger charge is 2.09. The van der Waals surface area contributed by atoms with Gasteiger partial charge in [0, 0.05) is 0 Å². The Morgan fingerprint density at radius 1 is 1.27 bits per heavy atom. The molecule has 0 aliphatic carbocycles. The van der Waals surface area contributed by atoms with E-state index in [4.69, 9.17) is 0 Å². The van der Waals surface area contributed by atoms with E-state index in [0.29, 0.717) is 0 Å². The molecular weight excluding hydrogens is 170 g/mol. The fourth-order valence-electron chi connectivity index (χ4n) is 0.717. The topological polar surface area (TPSA) is 9.23 Å². The quantitative estimate of drug-likeness (QED) is 0.646. The van der Waals surface area contributed by atoms with Gasteiger partial charge in [-0.25, -0.2) is 8.78 Å². The van der Waals surface area contributed by atoms with Crippen LogP contribution < -0.4 is 4.74 Å². The Balaban J connectivity index is 3.29. The largest absolute Gasteiger partial charge is 0.492 e. The molecule has 0 aliphatic heterocycles. The first kappa shape index (κ1) is 8.33. The maximum absolute atomic E-state index is 12.7. The summed E-state index contributed by atoms with van der Waals surface area (Å²) in [4.78, 5) is -0.104. The van der Waals surface area contributed by atoms with Gasteiger partial charge in [0.05, 0.1) is 12.0 Å². The molecule has 0 amide bonds. The number of hydrogen-bond acceptors (Lipinski definition) is 2. The number of thiol groups is 1. The van der Waals surface area contributed by atoms with Gasteiger partial charge in [-0.1, -0.05) is 0 Å². The molecule has 1 aromatic rings. The summed E-state index contributed by atoms with van der Waals surface area (Å²) in [5, 5.41) is 0. The van der Waals surface area contributed by atoms with Crippen molar-refractivity contribution in [3.8, 4) is 5.75 Å². The Morgan fingerprint density at radius 2 is 1.82 bits per heavy atom. The zero-order chi connectivity index (χ0) is 8.43. The SMILES string of the molecule is COc1c(F)ccc(F)c1S. The van der Waals surface area contributed by atoms with E-state index >= 15 is 0 Å². The molecule has 0 spiro atoms. The molecule has 0 radical (unpaired) electrons. The summed E-state index contributed by atoms with van der Waals surface area (Å²) in [7, 11) is 1.26. The number of halogens is 2. The first-order chi connectivity index (χ1) is 5.16. The molecule has 0 unspecified atom stereocenters. The second-order valence-electron chi connectivity index (χ2n) is 1.91. The zero-order valence-corrected chi connectivity index (χ0v) is 6.66. The number of ether oxygens (including phenoxy) is 1. The van der Waals surface area contributed by atoms with E-state index < -0.39 is 11.6 Å². The lowest BCUT2D eigenvalue weighted by atomic mass is 10.3. The lowest BCUT2D eigenvalue weighted by Gasteiger charge is -2.04. The Labute approximate surface area is 68.4 Å². The molecule has 0 atom stereocenters. The van der Waals surface area contributed by atoms with Crippen LogP contribution in [0.1, 0.15) is 0 Å². The van der Waals surface area contributed by atoms with Crippen LogP contribution in [0.4, 0.5) is 8.78 Å². The maximum Gasteiger partial charge on any atom is 0.170 e. The molecule has 0 heterocycles. The minimum absolute atomic E-state index is 0.104. The van der Waals surface area contributed by atoms with E-state index in [1.165, 1.54) is 7.11 Å². The second kappa shape index (κ2) is 3.09. The lowest BCUT2D eigenvalue weighted by molar-refractivity contribution is 0.369. The van der Waals surface area contributed by atoms with Gasteiger partial charge >= 0.3 is 0 Å². The Bertz CT molecular complexity index is 275. The molecule has 11 heavy (non-hydrogen) atoms. The van der Waals surface area contributed by atoms with Crippen LogP contribution in [0.3, 0.4) is 0 Å². The van der Waals surface area contributed by atoms with Gasteiger partial charge in [0.2, 0.25) is 0 Å². The fraction of sp³-hybridized carbons (Fsp3) is 0.143. The minimum Gasteiger partial charge on any atom is -0.492 e. The molecule has 0 aliphatic rings. The van der Waals surface area contributed by atoms with Crippen LogP contribution in [0.15, 0.2) is 17.0 Å². The molecule has 1 nitrogen and oxygen atoms in total. The van der Waals surface area contributed by atoms with Gasteiger partial charge in [0.1, 0.15) is 5.82 Å². The third-order valence-electron chi connectivity index (χ3n) is 1.24. The van der Waals surface area contributed by atoms with Crippen molar-refractivity contribution in [2.24, 2.45) is 0 Å². The van der Waals surface area contributed by atoms with Crippen LogP contribution >= 0.6 is 12.6 Å². The first-order valence-corrected chi connectivity index (χ1v) is 3.32. The van der Waals surface area contributed by atoms with Crippen molar-refractivity contribution < 1.29 is 13.5 Å². The molecule has 0 aromatic heterocycles. The predicted molar refractivity (Wildman–Crippen MR) is 40.2 cm³/mol. The van der Waals surface area contributed by atoms with Crippen molar-refractivity contribution in [2.75, 3.05) is 7.11 Å². The van der Waals surface area contributed by atoms with Crippen LogP contribution in [0.2, 0.25) is 0 Å². The van der Waals surface area contributed by atoms with Gasteiger partial charge < -0.3 is 4.74 Å². The number of benzene rings is 1. The van der Waals surface area contributed by atoms with Crippen LogP contribution in [0, 0.1) is 11.6 Å². The second-order valence-corrected chi connectivity index (χ2v) is 2.36. The molecule has 4 heteroatoms. The van der Waals surface area contributed by atoms with Crippen molar-refractivity contribution in [3.63, 3.8) is 0 Å². The third-order valence-corrected chi connectivity index (χ3v) is 1.66. The third kappa shape index (κ3) is 1.45. The van der Waals surface area contributed by atoms with Crippen molar-refractivity contribution in [3.05, 3.63) is 23.8 Å². The average molecular weight is 176 g/mol. The van der Waals surface area contributed by atoms with Crippen LogP contribution in [0.5, 0.6) is 5.75 Å². The Hall–Kier alpha value is -0.770. The maximum atomic E-state index is 12.7. The normalized spacial score (nSPS) is 9.82. The van der Waals surface area contributed by atoms with Crippen LogP contribution in [-0.2, 0) is 0 Å². The minimum atomic E-state index is -0.612. The summed E-state index contributed by atoms with van der Waals surface area (Å²) in [5.74, 6) is -1.36. The highest BCUT2D eigenvalue weighted by molar-refractivity contribution is 7.80. The van der Waals surface area contributed by atoms with Crippen LogP contribution in [-0.4, -0.2) is 7.11 Å². The molecule has 0 fully saturated rings. The van der Waals surface area contributed by atoms with Crippen molar-refractivity contribution in [2.45, 2.75) is 4.90 Å². The van der Waals surface area contributed by atoms with Gasteiger partial charge in [-0.05, 0) is 12.1 Å². The van der Waals surface area contributed by atoms with E-state index in [1.54, 1.807) is 0 Å². The molecule has 0 bridgehead atoms. The van der Waals surface area contributed by atoms with Crippen LogP contribution in [0.25, 0.3) is 0 Å². The van der Waals surface area contributed by atoms with E-state index in [9.17, 15) is 8.78 Å².